The number of amides is 1. The van der Waals surface area contributed by atoms with Gasteiger partial charge in [0.2, 0.25) is 0 Å². The molecule has 2 aromatic heterocycles. The normalized spacial score (nSPS) is 13.6. The van der Waals surface area contributed by atoms with E-state index in [1.165, 1.54) is 12.1 Å². The van der Waals surface area contributed by atoms with Gasteiger partial charge in [-0.1, -0.05) is 6.08 Å². The SMILES string of the molecule is Cc1[nH]c2c(c1C(=O)NCCCN(C)C)CCC=C2c1c(O)[nH]c2ccc(F)cc12. The minimum Gasteiger partial charge on any atom is -0.494 e. The Morgan fingerprint density at radius 2 is 2.10 bits per heavy atom. The maximum Gasteiger partial charge on any atom is 0.253 e. The molecule has 0 saturated carbocycles. The van der Waals surface area contributed by atoms with Crippen molar-refractivity contribution in [3.63, 3.8) is 0 Å². The van der Waals surface area contributed by atoms with E-state index in [0.717, 1.165) is 48.3 Å². The molecule has 1 amide bonds. The third kappa shape index (κ3) is 3.61. The molecule has 0 unspecified atom stereocenters. The van der Waals surface area contributed by atoms with Crippen LogP contribution in [0, 0.1) is 12.7 Å². The van der Waals surface area contributed by atoms with Crippen LogP contribution in [0.3, 0.4) is 0 Å². The number of halogens is 1. The summed E-state index contributed by atoms with van der Waals surface area (Å²) in [6.07, 6.45) is 4.39. The number of carbonyl (C=O) groups is 1. The van der Waals surface area contributed by atoms with E-state index in [9.17, 15) is 14.3 Å². The monoisotopic (exact) mass is 410 g/mol. The van der Waals surface area contributed by atoms with Crippen molar-refractivity contribution in [3.05, 3.63) is 58.2 Å². The Hall–Kier alpha value is -3.06. The second kappa shape index (κ2) is 7.99. The van der Waals surface area contributed by atoms with Crippen molar-refractivity contribution in [2.75, 3.05) is 27.2 Å². The number of aromatic hydroxyl groups is 1. The van der Waals surface area contributed by atoms with Crippen LogP contribution in [0.1, 0.15) is 45.7 Å². The van der Waals surface area contributed by atoms with E-state index in [1.54, 1.807) is 6.07 Å². The first kappa shape index (κ1) is 20.2. The molecule has 3 aromatic rings. The Balaban J connectivity index is 1.69. The van der Waals surface area contributed by atoms with Gasteiger partial charge in [0.05, 0.1) is 16.8 Å². The number of carbonyl (C=O) groups excluding carboxylic acids is 1. The zero-order valence-electron chi connectivity index (χ0n) is 17.5. The van der Waals surface area contributed by atoms with E-state index in [4.69, 9.17) is 0 Å². The summed E-state index contributed by atoms with van der Waals surface area (Å²) in [6, 6.07) is 4.40. The van der Waals surface area contributed by atoms with Crippen molar-refractivity contribution in [1.29, 1.82) is 0 Å². The van der Waals surface area contributed by atoms with Gasteiger partial charge < -0.3 is 25.3 Å². The molecule has 158 valence electrons. The maximum absolute atomic E-state index is 13.9. The minimum atomic E-state index is -0.361. The van der Waals surface area contributed by atoms with Gasteiger partial charge in [0.25, 0.3) is 5.91 Å². The van der Waals surface area contributed by atoms with E-state index < -0.39 is 0 Å². The van der Waals surface area contributed by atoms with Crippen molar-refractivity contribution < 1.29 is 14.3 Å². The average molecular weight is 410 g/mol. The molecular weight excluding hydrogens is 383 g/mol. The Kier molecular flexibility index (Phi) is 5.39. The van der Waals surface area contributed by atoms with Gasteiger partial charge in [0.1, 0.15) is 5.82 Å². The molecule has 0 fully saturated rings. The van der Waals surface area contributed by atoms with Crippen LogP contribution in [0.4, 0.5) is 4.39 Å². The number of allylic oxidation sites excluding steroid dienone is 1. The molecule has 30 heavy (non-hydrogen) atoms. The predicted octanol–water partition coefficient (Wildman–Crippen LogP) is 3.71. The third-order valence-electron chi connectivity index (χ3n) is 5.61. The Morgan fingerprint density at radius 3 is 2.87 bits per heavy atom. The zero-order chi connectivity index (χ0) is 21.4. The molecule has 0 spiro atoms. The number of rotatable bonds is 6. The number of fused-ring (bicyclic) bond motifs is 2. The molecule has 4 rings (SSSR count). The third-order valence-corrected chi connectivity index (χ3v) is 5.61. The molecule has 1 aliphatic carbocycles. The number of aromatic nitrogens is 2. The fourth-order valence-electron chi connectivity index (χ4n) is 4.26. The van der Waals surface area contributed by atoms with Crippen molar-refractivity contribution in [1.82, 2.24) is 20.2 Å². The lowest BCUT2D eigenvalue weighted by molar-refractivity contribution is 0.0951. The molecule has 4 N–H and O–H groups in total. The van der Waals surface area contributed by atoms with Crippen LogP contribution in [0.25, 0.3) is 16.5 Å². The first-order chi connectivity index (χ1) is 14.4. The van der Waals surface area contributed by atoms with Crippen molar-refractivity contribution >= 4 is 22.4 Å². The van der Waals surface area contributed by atoms with Gasteiger partial charge in [-0.25, -0.2) is 4.39 Å². The van der Waals surface area contributed by atoms with E-state index in [1.807, 2.05) is 27.1 Å². The summed E-state index contributed by atoms with van der Waals surface area (Å²) in [6.45, 7) is 3.41. The van der Waals surface area contributed by atoms with Crippen LogP contribution in [0.2, 0.25) is 0 Å². The maximum atomic E-state index is 13.9. The van der Waals surface area contributed by atoms with Crippen molar-refractivity contribution in [3.8, 4) is 5.88 Å². The summed E-state index contributed by atoms with van der Waals surface area (Å²) >= 11 is 0. The van der Waals surface area contributed by atoms with E-state index in [-0.39, 0.29) is 17.6 Å². The smallest absolute Gasteiger partial charge is 0.253 e. The Labute approximate surface area is 174 Å². The lowest BCUT2D eigenvalue weighted by Crippen LogP contribution is -2.28. The van der Waals surface area contributed by atoms with Crippen LogP contribution in [-0.2, 0) is 6.42 Å². The highest BCUT2D eigenvalue weighted by atomic mass is 19.1. The Bertz CT molecular complexity index is 1140. The van der Waals surface area contributed by atoms with Gasteiger partial charge in [-0.05, 0) is 70.6 Å². The van der Waals surface area contributed by atoms with Crippen LogP contribution in [0.15, 0.2) is 24.3 Å². The summed E-state index contributed by atoms with van der Waals surface area (Å²) in [5.41, 5.74) is 5.25. The number of nitrogens with zero attached hydrogens (tertiary/aromatic N) is 1. The topological polar surface area (TPSA) is 84.2 Å². The first-order valence-electron chi connectivity index (χ1n) is 10.2. The number of benzene rings is 1. The van der Waals surface area contributed by atoms with Gasteiger partial charge >= 0.3 is 0 Å². The predicted molar refractivity (Wildman–Crippen MR) is 116 cm³/mol. The molecule has 0 atom stereocenters. The Morgan fingerprint density at radius 1 is 1.30 bits per heavy atom. The number of hydrogen-bond acceptors (Lipinski definition) is 3. The summed E-state index contributed by atoms with van der Waals surface area (Å²) in [5.74, 6) is -0.448. The van der Waals surface area contributed by atoms with Gasteiger partial charge in [0.15, 0.2) is 5.88 Å². The molecule has 0 aliphatic heterocycles. The number of hydrogen-bond donors (Lipinski definition) is 4. The molecule has 7 heteroatoms. The van der Waals surface area contributed by atoms with Crippen LogP contribution >= 0.6 is 0 Å². The molecular formula is C23H27FN4O2. The highest BCUT2D eigenvalue weighted by Gasteiger charge is 2.28. The molecule has 1 aromatic carbocycles. The lowest BCUT2D eigenvalue weighted by Gasteiger charge is -2.16. The molecule has 1 aliphatic rings. The highest BCUT2D eigenvalue weighted by Crippen LogP contribution is 2.41. The fraction of sp³-hybridized carbons (Fsp3) is 0.348. The van der Waals surface area contributed by atoms with Gasteiger partial charge in [0, 0.05) is 28.7 Å². The first-order valence-corrected chi connectivity index (χ1v) is 10.2. The molecule has 0 radical (unpaired) electrons. The van der Waals surface area contributed by atoms with Gasteiger partial charge in [-0.15, -0.1) is 0 Å². The molecule has 0 saturated heterocycles. The standard InChI is InChI=1S/C23H27FN4O2/c1-13-19(22(29)25-10-5-11-28(2)3)15-6-4-7-16(21(15)26-13)20-17-12-14(24)8-9-18(17)27-23(20)30/h7-9,12,26-27,30H,4-6,10-11H2,1-3H3,(H,25,29). The number of aromatic amines is 2. The zero-order valence-corrected chi connectivity index (χ0v) is 17.5. The summed E-state index contributed by atoms with van der Waals surface area (Å²) in [7, 11) is 4.02. The minimum absolute atomic E-state index is 0.00311. The number of aryl methyl sites for hydroxylation is 1. The van der Waals surface area contributed by atoms with Gasteiger partial charge in [-0.2, -0.15) is 0 Å². The van der Waals surface area contributed by atoms with Crippen LogP contribution in [0.5, 0.6) is 5.88 Å². The second-order valence-electron chi connectivity index (χ2n) is 8.09. The molecule has 6 nitrogen and oxygen atoms in total. The lowest BCUT2D eigenvalue weighted by atomic mass is 9.89. The van der Waals surface area contributed by atoms with Crippen molar-refractivity contribution in [2.45, 2.75) is 26.2 Å². The van der Waals surface area contributed by atoms with Gasteiger partial charge in [-0.3, -0.25) is 4.79 Å². The summed E-state index contributed by atoms with van der Waals surface area (Å²) in [4.78, 5) is 21.2. The summed E-state index contributed by atoms with van der Waals surface area (Å²) < 4.78 is 13.9. The highest BCUT2D eigenvalue weighted by molar-refractivity contribution is 6.03. The van der Waals surface area contributed by atoms with E-state index in [0.29, 0.717) is 28.6 Å². The molecule has 0 bridgehead atoms. The van der Waals surface area contributed by atoms with Crippen molar-refractivity contribution in [2.24, 2.45) is 0 Å². The number of H-pyrrole nitrogens is 2. The average Bonchev–Trinajstić information content (AvgIpc) is 3.20. The number of nitrogens with one attached hydrogen (secondary N) is 3. The quantitative estimate of drug-likeness (QED) is 0.468. The fourth-order valence-corrected chi connectivity index (χ4v) is 4.26. The summed E-state index contributed by atoms with van der Waals surface area (Å²) in [5, 5.41) is 14.2. The van der Waals surface area contributed by atoms with Crippen LogP contribution in [-0.4, -0.2) is 53.1 Å². The second-order valence-corrected chi connectivity index (χ2v) is 8.09. The molecule has 2 heterocycles. The van der Waals surface area contributed by atoms with E-state index >= 15 is 0 Å². The van der Waals surface area contributed by atoms with E-state index in [2.05, 4.69) is 20.2 Å². The van der Waals surface area contributed by atoms with Crippen LogP contribution < -0.4 is 5.32 Å². The largest absolute Gasteiger partial charge is 0.494 e.